The first-order chi connectivity index (χ1) is 41.4. The van der Waals surface area contributed by atoms with Crippen molar-refractivity contribution in [2.24, 2.45) is 0 Å². The van der Waals surface area contributed by atoms with E-state index in [9.17, 15) is 123 Å². The molecule has 30 rings (SSSR count). The van der Waals surface area contributed by atoms with Crippen molar-refractivity contribution < 1.29 is 198 Å². The fourth-order valence-electron chi connectivity index (χ4n) is 11.7. The van der Waals surface area contributed by atoms with Crippen molar-refractivity contribution in [2.75, 3.05) is 46.2 Å². The maximum atomic E-state index is 11.4. The van der Waals surface area contributed by atoms with Gasteiger partial charge in [-0.25, -0.2) is 0 Å². The molecule has 0 radical (unpaired) electrons. The van der Waals surface area contributed by atoms with Gasteiger partial charge in [-0.15, -0.1) is 0 Å². The first-order valence-electron chi connectivity index (χ1n) is 27.7. The van der Waals surface area contributed by atoms with E-state index in [0.29, 0.717) is 0 Å². The molecular weight excluding hydrogens is 1220 g/mol. The molecule has 0 spiro atoms. The summed E-state index contributed by atoms with van der Waals surface area (Å²) in [6.07, 6.45) is -83.3. The van der Waals surface area contributed by atoms with Crippen molar-refractivity contribution in [3.8, 4) is 0 Å². The van der Waals surface area contributed by atoms with Gasteiger partial charge in [-0.2, -0.15) is 0 Å². The molecule has 40 atom stereocenters. The van der Waals surface area contributed by atoms with Gasteiger partial charge in [-0.3, -0.25) is 0 Å². The Morgan fingerprint density at radius 1 is 0.159 bits per heavy atom. The molecule has 30 aliphatic rings. The van der Waals surface area contributed by atoms with Gasteiger partial charge >= 0.3 is 0 Å². The molecule has 16 bridgehead atoms. The van der Waals surface area contributed by atoms with Crippen LogP contribution >= 0.6 is 0 Å². The summed E-state index contributed by atoms with van der Waals surface area (Å²) in [5.41, 5.74) is 0. The Balaban J connectivity index is 0.0000100. The van der Waals surface area contributed by atoms with E-state index in [1.54, 1.807) is 0 Å². The van der Waals surface area contributed by atoms with Crippen LogP contribution in [0.1, 0.15) is 7.43 Å². The molecule has 16 unspecified atom stereocenters. The van der Waals surface area contributed by atoms with Gasteiger partial charge in [0.05, 0.1) is 46.2 Å². The fraction of sp³-hybridized carbons (Fsp3) is 1.00. The van der Waals surface area contributed by atoms with E-state index in [1.165, 1.54) is 0 Å². The van der Waals surface area contributed by atoms with Gasteiger partial charge in [-0.05, 0) is 0 Å². The lowest BCUT2D eigenvalue weighted by Gasteiger charge is -2.50. The van der Waals surface area contributed by atoms with E-state index >= 15 is 0 Å². The standard InChI is InChI=1S/C47H78O40.CH4/c48-1-8-31-15(55)23(63)40(72-8)80-32-9(2-49)74-42(25(65)17(32)57)82-34-11(4-51)76-44(27(67)19(34)59)84-36-13(6-53)78-46(29(69)21(36)61)86-38-22(62)30(70)47(87-39(38)71)85-37-14(7-54)77-45(28(68)20(37)60)83-35-12(5-52)75-43(26(66)18(35)58)81-33-10(3-50)73-41(79-31)24(64)16(33)56;/h8-71H,1-7H2;1H4/t8?,9?,10?,11?,12?,13?,14?,15-,16-,17-,18-,19-,20-,21-,22-,23?,24?,25?,26?,27?,28?,29?,30?,31-,32-,33-,34-,35-,36-,37-,38+,39?,40-,41-,42-,43-,44-,45-,46-,47+;/m1./s1. The van der Waals surface area contributed by atoms with Crippen LogP contribution in [0.4, 0.5) is 0 Å². The largest absolute Gasteiger partial charge is 0.394 e. The van der Waals surface area contributed by atoms with Crippen LogP contribution in [0.5, 0.6) is 0 Å². The highest BCUT2D eigenvalue weighted by atomic mass is 16.8. The molecule has 24 N–H and O–H groups in total. The summed E-state index contributed by atoms with van der Waals surface area (Å²) < 4.78 is 90.2. The zero-order valence-corrected chi connectivity index (χ0v) is 45.3. The van der Waals surface area contributed by atoms with E-state index in [-0.39, 0.29) is 7.43 Å². The summed E-state index contributed by atoms with van der Waals surface area (Å²) in [5.74, 6) is 0. The molecule has 30 saturated heterocycles. The Morgan fingerprint density at radius 2 is 0.284 bits per heavy atom. The monoisotopic (exact) mass is 1300 g/mol. The first kappa shape index (κ1) is 72.2. The predicted molar refractivity (Wildman–Crippen MR) is 263 cm³/mol. The van der Waals surface area contributed by atoms with E-state index < -0.39 is 292 Å². The Bertz CT molecular complexity index is 2120. The van der Waals surface area contributed by atoms with Crippen LogP contribution in [0, 0.1) is 0 Å². The van der Waals surface area contributed by atoms with Gasteiger partial charge in [0.1, 0.15) is 189 Å². The molecule has 40 nitrogen and oxygen atoms in total. The van der Waals surface area contributed by atoms with Crippen LogP contribution in [0.3, 0.4) is 0 Å². The third-order valence-electron chi connectivity index (χ3n) is 16.6. The zero-order valence-electron chi connectivity index (χ0n) is 45.3. The van der Waals surface area contributed by atoms with Gasteiger partial charge in [-0.1, -0.05) is 7.43 Å². The normalized spacial score (nSPS) is 55.2. The molecule has 30 heterocycles. The Hall–Kier alpha value is -1.60. The molecule has 40 heteroatoms. The Morgan fingerprint density at radius 3 is 0.432 bits per heavy atom. The molecule has 0 amide bonds. The molecule has 0 saturated carbocycles. The van der Waals surface area contributed by atoms with Crippen molar-refractivity contribution in [1.82, 2.24) is 0 Å². The summed E-state index contributed by atoms with van der Waals surface area (Å²) in [6.45, 7) is -7.60. The van der Waals surface area contributed by atoms with Crippen molar-refractivity contribution in [1.29, 1.82) is 0 Å². The topological polar surface area (TPSA) is 633 Å². The van der Waals surface area contributed by atoms with E-state index in [0.717, 1.165) is 0 Å². The second-order valence-electron chi connectivity index (χ2n) is 22.1. The molecular formula is C48H82O40. The Kier molecular flexibility index (Phi) is 25.0. The molecule has 88 heavy (non-hydrogen) atoms. The van der Waals surface area contributed by atoms with Crippen LogP contribution in [-0.4, -0.2) is 415 Å². The first-order valence-corrected chi connectivity index (χ1v) is 27.7. The van der Waals surface area contributed by atoms with Gasteiger partial charge in [0.25, 0.3) is 0 Å². The van der Waals surface area contributed by atoms with Crippen LogP contribution in [0.15, 0.2) is 0 Å². The van der Waals surface area contributed by atoms with Crippen LogP contribution in [0.25, 0.3) is 0 Å². The number of hydrogen-bond donors (Lipinski definition) is 24. The molecule has 0 aromatic rings. The highest BCUT2D eigenvalue weighted by Crippen LogP contribution is 2.39. The maximum absolute atomic E-state index is 11.4. The van der Waals surface area contributed by atoms with Gasteiger partial charge < -0.3 is 198 Å². The highest BCUT2D eigenvalue weighted by molar-refractivity contribution is 5.02. The van der Waals surface area contributed by atoms with Crippen molar-refractivity contribution in [3.05, 3.63) is 0 Å². The highest BCUT2D eigenvalue weighted by Gasteiger charge is 2.60. The fourth-order valence-corrected chi connectivity index (χ4v) is 11.7. The SMILES string of the molecule is C.OCC1O[C@@H]2O[C@@H]3C(CO)O[C@H](O[C@@H]4C(CO)O[C@H](O[C@@H]5C(CO)O[C@H](O[C@@H]6C(CO)O[C@H](O[C@@H]7C(CO)O[C@H](O[C@@H]8C(CO)O[C@H](O[C@@H]9C(O)O[C@H](O[C@H]1[C@H](O)C2O)C(O)[C@H]9O)C(O)[C@H]8O)C(O)[C@H]7O)C(O)[C@H]6O)C(O)[C@H]5O)C(O)[C@H]4O)C(O)[C@H]3O. The predicted octanol–water partition coefficient (Wildman–Crippen LogP) is -16.8. The minimum absolute atomic E-state index is 0. The molecule has 514 valence electrons. The number of aliphatic hydroxyl groups excluding tert-OH is 24. The van der Waals surface area contributed by atoms with Crippen molar-refractivity contribution in [3.63, 3.8) is 0 Å². The average Bonchev–Trinajstić information content (AvgIpc) is 0.964. The Labute approximate surface area is 497 Å². The minimum atomic E-state index is -2.38. The van der Waals surface area contributed by atoms with Crippen LogP contribution in [0.2, 0.25) is 0 Å². The van der Waals surface area contributed by atoms with Gasteiger partial charge in [0.2, 0.25) is 0 Å². The summed E-state index contributed by atoms with van der Waals surface area (Å²) in [6, 6.07) is 0. The summed E-state index contributed by atoms with van der Waals surface area (Å²) in [4.78, 5) is 0. The average molecular weight is 1300 g/mol. The minimum Gasteiger partial charge on any atom is -0.394 e. The molecule has 0 aromatic carbocycles. The second kappa shape index (κ2) is 30.4. The lowest BCUT2D eigenvalue weighted by molar-refractivity contribution is -0.412. The zero-order chi connectivity index (χ0) is 63.4. The van der Waals surface area contributed by atoms with Gasteiger partial charge in [0, 0.05) is 0 Å². The molecule has 0 aromatic heterocycles. The maximum Gasteiger partial charge on any atom is 0.189 e. The quantitative estimate of drug-likeness (QED) is 0.113. The smallest absolute Gasteiger partial charge is 0.189 e. The number of rotatable bonds is 7. The lowest BCUT2D eigenvalue weighted by Crippen LogP contribution is -2.69. The van der Waals surface area contributed by atoms with E-state index in [2.05, 4.69) is 0 Å². The summed E-state index contributed by atoms with van der Waals surface area (Å²) >= 11 is 0. The molecule has 0 aliphatic carbocycles. The number of hydrogen-bond acceptors (Lipinski definition) is 40. The van der Waals surface area contributed by atoms with E-state index in [4.69, 9.17) is 75.8 Å². The number of aliphatic hydroxyl groups is 24. The number of ether oxygens (including phenoxy) is 16. The van der Waals surface area contributed by atoms with Crippen molar-refractivity contribution in [2.45, 2.75) is 253 Å². The lowest BCUT2D eigenvalue weighted by atomic mass is 9.95. The van der Waals surface area contributed by atoms with E-state index in [1.807, 2.05) is 0 Å². The summed E-state index contributed by atoms with van der Waals surface area (Å²) in [5, 5.41) is 265. The molecule has 30 fully saturated rings. The molecule has 30 aliphatic heterocycles. The third-order valence-corrected chi connectivity index (χ3v) is 16.6. The summed E-state index contributed by atoms with van der Waals surface area (Å²) in [7, 11) is 0. The van der Waals surface area contributed by atoms with Gasteiger partial charge in [0.15, 0.2) is 56.6 Å². The second-order valence-corrected chi connectivity index (χ2v) is 22.1. The van der Waals surface area contributed by atoms with Crippen LogP contribution in [-0.2, 0) is 75.8 Å². The van der Waals surface area contributed by atoms with Crippen LogP contribution < -0.4 is 0 Å². The third kappa shape index (κ3) is 14.1. The van der Waals surface area contributed by atoms with Crippen molar-refractivity contribution >= 4 is 0 Å².